The second kappa shape index (κ2) is 12.1. The molecule has 38 heavy (non-hydrogen) atoms. The van der Waals surface area contributed by atoms with Crippen LogP contribution in [0, 0.1) is 47.3 Å². The van der Waals surface area contributed by atoms with Crippen molar-refractivity contribution in [2.24, 2.45) is 29.1 Å². The highest BCUT2D eigenvalue weighted by Crippen LogP contribution is 2.50. The Morgan fingerprint density at radius 2 is 1.97 bits per heavy atom. The van der Waals surface area contributed by atoms with Gasteiger partial charge in [0.1, 0.15) is 12.5 Å². The van der Waals surface area contributed by atoms with Gasteiger partial charge in [0.2, 0.25) is 5.91 Å². The number of aryl methyl sites for hydroxylation is 1. The lowest BCUT2D eigenvalue weighted by atomic mass is 9.72. The van der Waals surface area contributed by atoms with E-state index in [0.29, 0.717) is 25.7 Å². The molecule has 6 atom stereocenters. The van der Waals surface area contributed by atoms with Crippen LogP contribution in [0.3, 0.4) is 0 Å². The van der Waals surface area contributed by atoms with Gasteiger partial charge in [-0.2, -0.15) is 5.26 Å². The van der Waals surface area contributed by atoms with Crippen molar-refractivity contribution in [1.82, 2.24) is 10.2 Å². The Labute approximate surface area is 225 Å². The maximum Gasteiger partial charge on any atom is 0.475 e. The minimum atomic E-state index is -1.75. The van der Waals surface area contributed by atoms with E-state index in [1.165, 1.54) is 0 Å². The van der Waals surface area contributed by atoms with Crippen LogP contribution in [0.5, 0.6) is 0 Å². The molecule has 10 heteroatoms. The molecule has 1 aliphatic carbocycles. The maximum atomic E-state index is 13.5. The van der Waals surface area contributed by atoms with Gasteiger partial charge in [0.15, 0.2) is 0 Å². The first-order valence-corrected chi connectivity index (χ1v) is 13.7. The van der Waals surface area contributed by atoms with E-state index < -0.39 is 25.1 Å². The van der Waals surface area contributed by atoms with Gasteiger partial charge >= 0.3 is 13.2 Å². The van der Waals surface area contributed by atoms with Crippen molar-refractivity contribution in [3.05, 3.63) is 35.4 Å². The first-order chi connectivity index (χ1) is 18.1. The van der Waals surface area contributed by atoms with Crippen LogP contribution in [0.25, 0.3) is 0 Å². The van der Waals surface area contributed by atoms with E-state index >= 15 is 0 Å². The number of fused-ring (bicyclic) bond motifs is 1. The number of hydrogen-bond acceptors (Lipinski definition) is 7. The van der Waals surface area contributed by atoms with Crippen LogP contribution in [0.4, 0.5) is 4.79 Å². The Hall–Kier alpha value is -2.61. The van der Waals surface area contributed by atoms with Gasteiger partial charge in [-0.1, -0.05) is 43.7 Å². The van der Waals surface area contributed by atoms with E-state index in [9.17, 15) is 24.9 Å². The second-order valence-electron chi connectivity index (χ2n) is 11.9. The van der Waals surface area contributed by atoms with E-state index in [-0.39, 0.29) is 42.2 Å². The van der Waals surface area contributed by atoms with Crippen molar-refractivity contribution < 1.29 is 29.1 Å². The Morgan fingerprint density at radius 1 is 1.29 bits per heavy atom. The number of nitrogens with zero attached hydrogens (tertiary/aromatic N) is 2. The van der Waals surface area contributed by atoms with Gasteiger partial charge < -0.3 is 29.7 Å². The van der Waals surface area contributed by atoms with Crippen molar-refractivity contribution in [1.29, 1.82) is 5.26 Å². The quantitative estimate of drug-likeness (QED) is 0.400. The smallest absolute Gasteiger partial charge is 0.447 e. The third-order valence-electron chi connectivity index (χ3n) is 8.70. The van der Waals surface area contributed by atoms with Crippen LogP contribution in [-0.2, 0) is 20.7 Å². The Bertz CT molecular complexity index is 1020. The molecule has 1 aromatic rings. The second-order valence-corrected chi connectivity index (χ2v) is 11.9. The molecule has 0 aromatic heterocycles. The molecule has 0 radical (unpaired) electrons. The predicted molar refractivity (Wildman–Crippen MR) is 141 cm³/mol. The minimum Gasteiger partial charge on any atom is -0.447 e. The van der Waals surface area contributed by atoms with E-state index in [4.69, 9.17) is 9.47 Å². The summed E-state index contributed by atoms with van der Waals surface area (Å²) in [7, 11) is -1.75. The summed E-state index contributed by atoms with van der Waals surface area (Å²) >= 11 is 0. The average Bonchev–Trinajstić information content (AvgIpc) is 3.55. The summed E-state index contributed by atoms with van der Waals surface area (Å²) in [5, 5.41) is 32.1. The van der Waals surface area contributed by atoms with Crippen molar-refractivity contribution in [3.8, 4) is 6.07 Å². The van der Waals surface area contributed by atoms with Gasteiger partial charge in [-0.25, -0.2) is 4.79 Å². The van der Waals surface area contributed by atoms with Crippen LogP contribution in [0.2, 0.25) is 0 Å². The number of benzene rings is 1. The Kier molecular flexibility index (Phi) is 9.02. The summed E-state index contributed by atoms with van der Waals surface area (Å²) in [6.07, 6.45) is 3.10. The van der Waals surface area contributed by atoms with E-state index in [1.54, 1.807) is 4.90 Å². The van der Waals surface area contributed by atoms with Gasteiger partial charge in [-0.15, -0.1) is 0 Å². The number of hydrogen-bond donors (Lipinski definition) is 3. The normalized spacial score (nSPS) is 25.9. The van der Waals surface area contributed by atoms with Gasteiger partial charge in [0, 0.05) is 19.8 Å². The first-order valence-electron chi connectivity index (χ1n) is 13.7. The molecule has 2 saturated heterocycles. The Morgan fingerprint density at radius 3 is 2.61 bits per heavy atom. The summed E-state index contributed by atoms with van der Waals surface area (Å²) in [6, 6.07) is 9.60. The number of carbonyl (C=O) groups excluding carboxylic acids is 2. The summed E-state index contributed by atoms with van der Waals surface area (Å²) < 4.78 is 11.0. The number of carbonyl (C=O) groups is 2. The lowest BCUT2D eigenvalue weighted by Crippen LogP contribution is -2.50. The number of amides is 2. The van der Waals surface area contributed by atoms with Crippen LogP contribution in [0.1, 0.15) is 50.7 Å². The zero-order valence-electron chi connectivity index (χ0n) is 22.6. The highest BCUT2D eigenvalue weighted by atomic mass is 16.5. The molecule has 206 valence electrons. The molecule has 1 aromatic carbocycles. The van der Waals surface area contributed by atoms with Crippen LogP contribution < -0.4 is 5.32 Å². The minimum absolute atomic E-state index is 0.0130. The first kappa shape index (κ1) is 28.4. The number of nitrogens with one attached hydrogen (secondary N) is 1. The monoisotopic (exact) mass is 525 g/mol. The molecule has 2 amide bonds. The highest BCUT2D eigenvalue weighted by molar-refractivity contribution is 6.43. The topological polar surface area (TPSA) is 132 Å². The molecule has 3 fully saturated rings. The molecular weight excluding hydrogens is 485 g/mol. The lowest BCUT2D eigenvalue weighted by Gasteiger charge is -2.37. The number of ether oxygens (including phenoxy) is 2. The fourth-order valence-electron chi connectivity index (χ4n) is 6.17. The summed E-state index contributed by atoms with van der Waals surface area (Å²) in [5.74, 6) is -1.30. The third kappa shape index (κ3) is 6.88. The van der Waals surface area contributed by atoms with Gasteiger partial charge in [0.05, 0.1) is 18.1 Å². The fraction of sp³-hybridized carbons (Fsp3) is 0.679. The number of piperidine rings is 1. The molecular formula is C28H40BN3O6. The molecule has 0 bridgehead atoms. The number of rotatable bonds is 10. The molecule has 3 aliphatic rings. The fourth-order valence-corrected chi connectivity index (χ4v) is 6.17. The number of nitriles is 1. The molecule has 1 saturated carbocycles. The molecule has 3 N–H and O–H groups in total. The third-order valence-corrected chi connectivity index (χ3v) is 8.70. The standard InChI is InChI=1S/C28H40BN3O6/c1-18-4-6-20(7-5-18)12-25(29(35)36)31-27(34)38-17-24-22-13-21(22)16-32(24)26(33)23(15-30)19(2)14-28(3)8-10-37-11-9-28/h4-7,19,21-25,35-36H,8-14,16-17H2,1-3H3,(H,31,34)/t19?,21-,22-,23?,24-,25-/m0/s1. The van der Waals surface area contributed by atoms with E-state index in [2.05, 4.69) is 18.3 Å². The van der Waals surface area contributed by atoms with Gasteiger partial charge in [-0.05, 0) is 67.8 Å². The molecule has 2 aliphatic heterocycles. The molecule has 4 rings (SSSR count). The maximum absolute atomic E-state index is 13.5. The molecule has 2 unspecified atom stereocenters. The van der Waals surface area contributed by atoms with E-state index in [1.807, 2.05) is 38.1 Å². The van der Waals surface area contributed by atoms with Crippen LogP contribution in [-0.4, -0.2) is 72.4 Å². The van der Waals surface area contributed by atoms with Crippen molar-refractivity contribution in [2.75, 3.05) is 26.4 Å². The summed E-state index contributed by atoms with van der Waals surface area (Å²) in [6.45, 7) is 8.18. The zero-order chi connectivity index (χ0) is 27.4. The van der Waals surface area contributed by atoms with Gasteiger partial charge in [0.25, 0.3) is 0 Å². The van der Waals surface area contributed by atoms with Crippen LogP contribution in [0.15, 0.2) is 24.3 Å². The number of likely N-dealkylation sites (tertiary alicyclic amines) is 1. The average molecular weight is 525 g/mol. The SMILES string of the molecule is Cc1ccc(C[C@H](NC(=O)OC[C@H]2[C@H]3C[C@H]3CN2C(=O)C(C#N)C(C)CC2(C)CCOCC2)B(O)O)cc1. The number of alkyl carbamates (subject to hydrolysis) is 1. The molecule has 2 heterocycles. The zero-order valence-corrected chi connectivity index (χ0v) is 22.6. The largest absolute Gasteiger partial charge is 0.475 e. The molecule has 0 spiro atoms. The van der Waals surface area contributed by atoms with Crippen molar-refractivity contribution >= 4 is 19.1 Å². The van der Waals surface area contributed by atoms with E-state index in [0.717, 1.165) is 36.8 Å². The van der Waals surface area contributed by atoms with Crippen molar-refractivity contribution in [3.63, 3.8) is 0 Å². The lowest BCUT2D eigenvalue weighted by molar-refractivity contribution is -0.138. The van der Waals surface area contributed by atoms with Crippen LogP contribution >= 0.6 is 0 Å². The Balaban J connectivity index is 1.33. The van der Waals surface area contributed by atoms with Gasteiger partial charge in [-0.3, -0.25) is 4.79 Å². The van der Waals surface area contributed by atoms with Crippen molar-refractivity contribution in [2.45, 2.75) is 64.9 Å². The summed E-state index contributed by atoms with van der Waals surface area (Å²) in [4.78, 5) is 27.9. The predicted octanol–water partition coefficient (Wildman–Crippen LogP) is 2.47. The summed E-state index contributed by atoms with van der Waals surface area (Å²) in [5.41, 5.74) is 2.00. The highest BCUT2D eigenvalue weighted by Gasteiger charge is 2.55. The molecule has 9 nitrogen and oxygen atoms in total.